The molecule has 0 amide bonds. The molecule has 3 atom stereocenters. The van der Waals surface area contributed by atoms with Crippen molar-refractivity contribution in [3.8, 4) is 11.5 Å². The van der Waals surface area contributed by atoms with Crippen LogP contribution in [0.25, 0.3) is 0 Å². The summed E-state index contributed by atoms with van der Waals surface area (Å²) in [6.07, 6.45) is 4.50. The van der Waals surface area contributed by atoms with E-state index in [2.05, 4.69) is 36.4 Å². The van der Waals surface area contributed by atoms with Gasteiger partial charge in [0, 0.05) is 12.5 Å². The number of ether oxygens (including phenoxy) is 2. The Balaban J connectivity index is 1.76. The quantitative estimate of drug-likeness (QED) is 0.874. The topological polar surface area (TPSA) is 41.9 Å². The second-order valence-electron chi connectivity index (χ2n) is 7.45. The van der Waals surface area contributed by atoms with Crippen LogP contribution >= 0.6 is 0 Å². The molecule has 4 heteroatoms. The number of rotatable bonds is 4. The molecule has 1 saturated heterocycles. The fourth-order valence-electron chi connectivity index (χ4n) is 5.17. The zero-order chi connectivity index (χ0) is 18.1. The molecule has 4 rings (SSSR count). The smallest absolute Gasteiger partial charge is 0.160 e. The summed E-state index contributed by atoms with van der Waals surface area (Å²) < 4.78 is 10.9. The first kappa shape index (κ1) is 17.4. The van der Waals surface area contributed by atoms with Gasteiger partial charge in [-0.3, -0.25) is 0 Å². The molecular weight excluding hydrogens is 326 g/mol. The number of hydrogen-bond acceptors (Lipinski definition) is 4. The summed E-state index contributed by atoms with van der Waals surface area (Å²) in [7, 11) is 3.33. The van der Waals surface area contributed by atoms with Crippen molar-refractivity contribution in [1.29, 1.82) is 0 Å². The van der Waals surface area contributed by atoms with E-state index in [1.807, 2.05) is 12.1 Å². The molecule has 3 unspecified atom stereocenters. The number of hydrogen-bond donors (Lipinski definition) is 1. The summed E-state index contributed by atoms with van der Waals surface area (Å²) >= 11 is 0. The zero-order valence-corrected chi connectivity index (χ0v) is 15.5. The van der Waals surface area contributed by atoms with Crippen LogP contribution in [0.3, 0.4) is 0 Å². The first-order valence-electron chi connectivity index (χ1n) is 9.44. The SMILES string of the molecule is COc1ccc(C2CN(O)C3(c4ccccc4)CCCCC23)cc1OC. The van der Waals surface area contributed by atoms with E-state index in [1.165, 1.54) is 17.5 Å². The maximum absolute atomic E-state index is 11.1. The normalized spacial score (nSPS) is 28.6. The Morgan fingerprint density at radius 2 is 1.77 bits per heavy atom. The van der Waals surface area contributed by atoms with E-state index >= 15 is 0 Å². The highest BCUT2D eigenvalue weighted by Gasteiger charge is 2.55. The Hall–Kier alpha value is -2.04. The molecule has 0 spiro atoms. The van der Waals surface area contributed by atoms with Crippen molar-refractivity contribution in [2.45, 2.75) is 37.1 Å². The lowest BCUT2D eigenvalue weighted by Crippen LogP contribution is -2.45. The standard InChI is InChI=1S/C22H27NO3/c1-25-20-12-11-16(14-21(20)26-2)18-15-23(24)22(13-7-6-10-19(18)22)17-8-4-3-5-9-17/h3-5,8-9,11-12,14,18-19,24H,6-7,10,13,15H2,1-2H3. The van der Waals surface area contributed by atoms with Crippen LogP contribution in [0.2, 0.25) is 0 Å². The maximum Gasteiger partial charge on any atom is 0.160 e. The number of hydroxylamine groups is 2. The molecule has 2 aromatic carbocycles. The minimum atomic E-state index is -0.280. The lowest BCUT2D eigenvalue weighted by atomic mass is 9.66. The monoisotopic (exact) mass is 353 g/mol. The van der Waals surface area contributed by atoms with Gasteiger partial charge >= 0.3 is 0 Å². The zero-order valence-electron chi connectivity index (χ0n) is 15.5. The number of fused-ring (bicyclic) bond motifs is 1. The molecule has 138 valence electrons. The largest absolute Gasteiger partial charge is 0.493 e. The molecule has 2 aliphatic rings. The number of methoxy groups -OCH3 is 2. The van der Waals surface area contributed by atoms with Gasteiger partial charge in [-0.05, 0) is 42.0 Å². The maximum atomic E-state index is 11.1. The van der Waals surface area contributed by atoms with Crippen molar-refractivity contribution in [3.63, 3.8) is 0 Å². The van der Waals surface area contributed by atoms with Crippen molar-refractivity contribution in [2.24, 2.45) is 5.92 Å². The molecule has 1 saturated carbocycles. The summed E-state index contributed by atoms with van der Waals surface area (Å²) in [5, 5.41) is 12.7. The van der Waals surface area contributed by atoms with Gasteiger partial charge in [0.1, 0.15) is 0 Å². The fourth-order valence-corrected chi connectivity index (χ4v) is 5.17. The molecule has 1 aliphatic carbocycles. The first-order valence-corrected chi connectivity index (χ1v) is 9.44. The first-order chi connectivity index (χ1) is 12.7. The highest BCUT2D eigenvalue weighted by Crippen LogP contribution is 2.56. The summed E-state index contributed by atoms with van der Waals surface area (Å²) in [4.78, 5) is 0. The Kier molecular flexibility index (Phi) is 4.63. The minimum absolute atomic E-state index is 0.278. The van der Waals surface area contributed by atoms with Gasteiger partial charge in [-0.2, -0.15) is 5.06 Å². The molecule has 0 bridgehead atoms. The van der Waals surface area contributed by atoms with Crippen molar-refractivity contribution in [3.05, 3.63) is 59.7 Å². The van der Waals surface area contributed by atoms with Gasteiger partial charge < -0.3 is 14.7 Å². The summed E-state index contributed by atoms with van der Waals surface area (Å²) in [6.45, 7) is 0.648. The van der Waals surface area contributed by atoms with Gasteiger partial charge in [-0.25, -0.2) is 0 Å². The molecule has 2 aromatic rings. The van der Waals surface area contributed by atoms with Crippen molar-refractivity contribution in [1.82, 2.24) is 5.06 Å². The molecular formula is C22H27NO3. The van der Waals surface area contributed by atoms with E-state index in [0.717, 1.165) is 30.8 Å². The number of benzene rings is 2. The van der Waals surface area contributed by atoms with Gasteiger partial charge in [-0.15, -0.1) is 0 Å². The molecule has 26 heavy (non-hydrogen) atoms. The van der Waals surface area contributed by atoms with Crippen LogP contribution in [-0.4, -0.2) is 31.0 Å². The Morgan fingerprint density at radius 1 is 1.00 bits per heavy atom. The van der Waals surface area contributed by atoms with E-state index in [0.29, 0.717) is 12.5 Å². The van der Waals surface area contributed by atoms with E-state index < -0.39 is 0 Å². The Morgan fingerprint density at radius 3 is 2.50 bits per heavy atom. The van der Waals surface area contributed by atoms with Crippen LogP contribution in [0.4, 0.5) is 0 Å². The average molecular weight is 353 g/mol. The van der Waals surface area contributed by atoms with E-state index in [4.69, 9.17) is 9.47 Å². The van der Waals surface area contributed by atoms with E-state index in [9.17, 15) is 5.21 Å². The Bertz CT molecular complexity index is 763. The van der Waals surface area contributed by atoms with Gasteiger partial charge in [0.25, 0.3) is 0 Å². The molecule has 0 aromatic heterocycles. The third-order valence-electron chi connectivity index (χ3n) is 6.36. The second-order valence-corrected chi connectivity index (χ2v) is 7.45. The molecule has 2 fully saturated rings. The summed E-state index contributed by atoms with van der Waals surface area (Å²) in [5.41, 5.74) is 2.17. The summed E-state index contributed by atoms with van der Waals surface area (Å²) in [5.74, 6) is 2.16. The Labute approximate surface area is 155 Å². The van der Waals surface area contributed by atoms with Crippen LogP contribution in [0.1, 0.15) is 42.7 Å². The second kappa shape index (κ2) is 6.93. The fraction of sp³-hybridized carbons (Fsp3) is 0.455. The molecule has 0 radical (unpaired) electrons. The summed E-state index contributed by atoms with van der Waals surface area (Å²) in [6, 6.07) is 16.7. The van der Waals surface area contributed by atoms with Crippen LogP contribution < -0.4 is 9.47 Å². The van der Waals surface area contributed by atoms with Gasteiger partial charge in [0.15, 0.2) is 11.5 Å². The molecule has 1 N–H and O–H groups in total. The predicted molar refractivity (Wildman–Crippen MR) is 101 cm³/mol. The third-order valence-corrected chi connectivity index (χ3v) is 6.36. The number of nitrogens with zero attached hydrogens (tertiary/aromatic N) is 1. The van der Waals surface area contributed by atoms with Crippen LogP contribution in [-0.2, 0) is 5.54 Å². The predicted octanol–water partition coefficient (Wildman–Crippen LogP) is 4.58. The highest BCUT2D eigenvalue weighted by molar-refractivity contribution is 5.45. The van der Waals surface area contributed by atoms with Crippen LogP contribution in [0, 0.1) is 5.92 Å². The minimum Gasteiger partial charge on any atom is -0.493 e. The lowest BCUT2D eigenvalue weighted by molar-refractivity contribution is -0.172. The van der Waals surface area contributed by atoms with E-state index in [-0.39, 0.29) is 11.5 Å². The third kappa shape index (κ3) is 2.60. The van der Waals surface area contributed by atoms with E-state index in [1.54, 1.807) is 19.3 Å². The molecule has 1 aliphatic heterocycles. The van der Waals surface area contributed by atoms with Crippen LogP contribution in [0.15, 0.2) is 48.5 Å². The highest BCUT2D eigenvalue weighted by atomic mass is 16.5. The van der Waals surface area contributed by atoms with Gasteiger partial charge in [0.2, 0.25) is 0 Å². The van der Waals surface area contributed by atoms with Crippen molar-refractivity contribution < 1.29 is 14.7 Å². The van der Waals surface area contributed by atoms with Crippen LogP contribution in [0.5, 0.6) is 11.5 Å². The molecule has 1 heterocycles. The van der Waals surface area contributed by atoms with Crippen molar-refractivity contribution >= 4 is 0 Å². The average Bonchev–Trinajstić information content (AvgIpc) is 3.02. The lowest BCUT2D eigenvalue weighted by Gasteiger charge is -2.44. The van der Waals surface area contributed by atoms with Crippen molar-refractivity contribution in [2.75, 3.05) is 20.8 Å². The molecule has 4 nitrogen and oxygen atoms in total. The van der Waals surface area contributed by atoms with Gasteiger partial charge in [-0.1, -0.05) is 49.2 Å². The van der Waals surface area contributed by atoms with Gasteiger partial charge in [0.05, 0.1) is 19.8 Å².